The van der Waals surface area contributed by atoms with Crippen LogP contribution in [-0.4, -0.2) is 36.5 Å². The van der Waals surface area contributed by atoms with E-state index in [-0.39, 0.29) is 11.4 Å². The van der Waals surface area contributed by atoms with Crippen LogP contribution in [0.15, 0.2) is 59.4 Å². The van der Waals surface area contributed by atoms with E-state index in [0.29, 0.717) is 18.7 Å². The van der Waals surface area contributed by atoms with E-state index in [9.17, 15) is 14.0 Å². The molecule has 0 saturated carbocycles. The van der Waals surface area contributed by atoms with Gasteiger partial charge in [-0.2, -0.15) is 9.78 Å². The first kappa shape index (κ1) is 20.1. The number of nitrogens with one attached hydrogen (secondary N) is 1. The number of hydrogen-bond acceptors (Lipinski definition) is 5. The van der Waals surface area contributed by atoms with Crippen LogP contribution in [0.2, 0.25) is 0 Å². The molecule has 0 unspecified atom stereocenters. The Hall–Kier alpha value is -3.68. The third-order valence-electron chi connectivity index (χ3n) is 4.26. The molecule has 0 saturated heterocycles. The van der Waals surface area contributed by atoms with Gasteiger partial charge in [0.2, 0.25) is 0 Å². The number of ether oxygens (including phenoxy) is 2. The molecule has 7 nitrogen and oxygen atoms in total. The van der Waals surface area contributed by atoms with Crippen molar-refractivity contribution in [1.29, 1.82) is 0 Å². The molecule has 0 fully saturated rings. The van der Waals surface area contributed by atoms with Crippen LogP contribution in [0, 0.1) is 5.82 Å². The lowest BCUT2D eigenvalue weighted by atomic mass is 10.1. The van der Waals surface area contributed by atoms with E-state index in [4.69, 9.17) is 9.47 Å². The van der Waals surface area contributed by atoms with Crippen molar-refractivity contribution in [3.05, 3.63) is 82.0 Å². The van der Waals surface area contributed by atoms with Crippen LogP contribution in [0.3, 0.4) is 0 Å². The molecule has 3 rings (SSSR count). The monoisotopic (exact) mass is 397 g/mol. The summed E-state index contributed by atoms with van der Waals surface area (Å²) in [6.45, 7) is 0.367. The molecule has 0 radical (unpaired) electrons. The second kappa shape index (κ2) is 9.01. The van der Waals surface area contributed by atoms with E-state index >= 15 is 0 Å². The second-order valence-corrected chi connectivity index (χ2v) is 6.14. The predicted molar refractivity (Wildman–Crippen MR) is 105 cm³/mol. The number of aromatic nitrogens is 2. The second-order valence-electron chi connectivity index (χ2n) is 6.14. The van der Waals surface area contributed by atoms with E-state index in [1.807, 2.05) is 24.3 Å². The van der Waals surface area contributed by atoms with Crippen molar-refractivity contribution < 1.29 is 18.7 Å². The highest BCUT2D eigenvalue weighted by Gasteiger charge is 2.17. The van der Waals surface area contributed by atoms with Gasteiger partial charge in [-0.3, -0.25) is 9.59 Å². The van der Waals surface area contributed by atoms with Gasteiger partial charge in [0.15, 0.2) is 11.4 Å². The first-order valence-electron chi connectivity index (χ1n) is 8.87. The third kappa shape index (κ3) is 4.78. The number of nitrogens with zero attached hydrogens (tertiary/aromatic N) is 2. The Morgan fingerprint density at radius 3 is 2.38 bits per heavy atom. The van der Waals surface area contributed by atoms with E-state index in [0.717, 1.165) is 16.0 Å². The summed E-state index contributed by atoms with van der Waals surface area (Å²) in [6.07, 6.45) is 0.607. The van der Waals surface area contributed by atoms with E-state index < -0.39 is 17.3 Å². The zero-order chi connectivity index (χ0) is 20.8. The minimum absolute atomic E-state index is 0.0360. The van der Waals surface area contributed by atoms with Gasteiger partial charge in [-0.15, -0.1) is 0 Å². The number of carbonyl (C=O) groups is 1. The SMILES string of the molecule is COc1ccc(CCNC(=O)c2nn(-c3ccc(F)cc3)c(=O)cc2OC)cc1. The standard InChI is InChI=1S/C21H20FN3O4/c1-28-17-9-3-14(4-10-17)11-12-23-21(27)20-18(29-2)13-19(26)25(24-20)16-7-5-15(22)6-8-16/h3-10,13H,11-12H2,1-2H3,(H,23,27). The molecule has 29 heavy (non-hydrogen) atoms. The highest BCUT2D eigenvalue weighted by Crippen LogP contribution is 2.15. The predicted octanol–water partition coefficient (Wildman–Crippen LogP) is 2.36. The Balaban J connectivity index is 1.76. The number of methoxy groups -OCH3 is 2. The van der Waals surface area contributed by atoms with E-state index in [1.165, 1.54) is 37.4 Å². The maximum Gasteiger partial charge on any atom is 0.275 e. The van der Waals surface area contributed by atoms with Crippen LogP contribution < -0.4 is 20.3 Å². The van der Waals surface area contributed by atoms with Crippen LogP contribution in [0.25, 0.3) is 5.69 Å². The van der Waals surface area contributed by atoms with Crippen LogP contribution >= 0.6 is 0 Å². The van der Waals surface area contributed by atoms with Crippen molar-refractivity contribution in [2.75, 3.05) is 20.8 Å². The number of benzene rings is 2. The summed E-state index contributed by atoms with van der Waals surface area (Å²) in [7, 11) is 2.95. The molecule has 0 aliphatic heterocycles. The molecule has 1 N–H and O–H groups in total. The molecule has 0 bridgehead atoms. The third-order valence-corrected chi connectivity index (χ3v) is 4.26. The first-order valence-corrected chi connectivity index (χ1v) is 8.87. The topological polar surface area (TPSA) is 82.5 Å². The van der Waals surface area contributed by atoms with E-state index in [1.54, 1.807) is 7.11 Å². The number of halogens is 1. The van der Waals surface area contributed by atoms with Gasteiger partial charge in [0.25, 0.3) is 11.5 Å². The average Bonchev–Trinajstić information content (AvgIpc) is 2.74. The molecule has 0 spiro atoms. The molecule has 1 aromatic heterocycles. The summed E-state index contributed by atoms with van der Waals surface area (Å²) in [6, 6.07) is 13.9. The molecule has 3 aromatic rings. The lowest BCUT2D eigenvalue weighted by Gasteiger charge is -2.11. The smallest absolute Gasteiger partial charge is 0.275 e. The lowest BCUT2D eigenvalue weighted by molar-refractivity contribution is 0.0943. The minimum atomic E-state index is -0.497. The number of hydrogen-bond donors (Lipinski definition) is 1. The molecule has 2 aromatic carbocycles. The molecule has 8 heteroatoms. The normalized spacial score (nSPS) is 10.4. The van der Waals surface area contributed by atoms with Gasteiger partial charge in [0.05, 0.1) is 26.0 Å². The minimum Gasteiger partial charge on any atom is -0.497 e. The van der Waals surface area contributed by atoms with Gasteiger partial charge in [0.1, 0.15) is 11.6 Å². The largest absolute Gasteiger partial charge is 0.497 e. The Bertz CT molecular complexity index is 1050. The molecule has 0 aliphatic carbocycles. The quantitative estimate of drug-likeness (QED) is 0.662. The fourth-order valence-electron chi connectivity index (χ4n) is 2.72. The fourth-order valence-corrected chi connectivity index (χ4v) is 2.72. The van der Waals surface area contributed by atoms with Crippen LogP contribution in [0.1, 0.15) is 16.1 Å². The lowest BCUT2D eigenvalue weighted by Crippen LogP contribution is -2.31. The Morgan fingerprint density at radius 1 is 1.07 bits per heavy atom. The van der Waals surface area contributed by atoms with Crippen LogP contribution in [-0.2, 0) is 6.42 Å². The number of rotatable bonds is 7. The maximum absolute atomic E-state index is 13.2. The van der Waals surface area contributed by atoms with Crippen molar-refractivity contribution in [2.45, 2.75) is 6.42 Å². The molecule has 0 aliphatic rings. The van der Waals surface area contributed by atoms with Gasteiger partial charge in [0, 0.05) is 6.54 Å². The van der Waals surface area contributed by atoms with E-state index in [2.05, 4.69) is 10.4 Å². The summed E-state index contributed by atoms with van der Waals surface area (Å²) in [5.41, 5.74) is 0.836. The average molecular weight is 397 g/mol. The van der Waals surface area contributed by atoms with Crippen LogP contribution in [0.5, 0.6) is 11.5 Å². The number of amides is 1. The van der Waals surface area contributed by atoms with Gasteiger partial charge < -0.3 is 14.8 Å². The Kier molecular flexibility index (Phi) is 6.23. The molecular formula is C21H20FN3O4. The Morgan fingerprint density at radius 2 is 1.76 bits per heavy atom. The first-order chi connectivity index (χ1) is 14.0. The summed E-state index contributed by atoms with van der Waals surface area (Å²) >= 11 is 0. The highest BCUT2D eigenvalue weighted by molar-refractivity contribution is 5.94. The summed E-state index contributed by atoms with van der Waals surface area (Å²) in [4.78, 5) is 24.9. The molecule has 0 atom stereocenters. The van der Waals surface area contributed by atoms with Gasteiger partial charge in [-0.1, -0.05) is 12.1 Å². The summed E-state index contributed by atoms with van der Waals surface area (Å²) in [5.74, 6) is -0.0943. The number of carbonyl (C=O) groups excluding carboxylic acids is 1. The molecule has 1 heterocycles. The Labute approximate surface area is 166 Å². The zero-order valence-electron chi connectivity index (χ0n) is 16.0. The van der Waals surface area contributed by atoms with Crippen molar-refractivity contribution in [3.63, 3.8) is 0 Å². The summed E-state index contributed by atoms with van der Waals surface area (Å²) in [5, 5.41) is 6.89. The zero-order valence-corrected chi connectivity index (χ0v) is 16.0. The van der Waals surface area contributed by atoms with Crippen molar-refractivity contribution in [1.82, 2.24) is 15.1 Å². The maximum atomic E-state index is 13.2. The fraction of sp³-hybridized carbons (Fsp3) is 0.190. The van der Waals surface area contributed by atoms with Gasteiger partial charge in [-0.25, -0.2) is 4.39 Å². The highest BCUT2D eigenvalue weighted by atomic mass is 19.1. The van der Waals surface area contributed by atoms with Gasteiger partial charge >= 0.3 is 0 Å². The van der Waals surface area contributed by atoms with Gasteiger partial charge in [-0.05, 0) is 48.4 Å². The van der Waals surface area contributed by atoms with Crippen molar-refractivity contribution in [2.24, 2.45) is 0 Å². The van der Waals surface area contributed by atoms with Crippen molar-refractivity contribution in [3.8, 4) is 17.2 Å². The molecule has 1 amide bonds. The molecular weight excluding hydrogens is 377 g/mol. The molecule has 150 valence electrons. The van der Waals surface area contributed by atoms with Crippen molar-refractivity contribution >= 4 is 5.91 Å². The summed E-state index contributed by atoms with van der Waals surface area (Å²) < 4.78 is 24.4. The van der Waals surface area contributed by atoms with Crippen LogP contribution in [0.4, 0.5) is 4.39 Å².